The van der Waals surface area contributed by atoms with E-state index >= 15 is 0 Å². The van der Waals surface area contributed by atoms with Gasteiger partial charge in [-0.1, -0.05) is 158 Å². The van der Waals surface area contributed by atoms with Gasteiger partial charge in [0.1, 0.15) is 22.3 Å². The maximum atomic E-state index is 6.62. The minimum Gasteiger partial charge on any atom is -0.456 e. The van der Waals surface area contributed by atoms with Gasteiger partial charge in [-0.15, -0.1) is 0 Å². The van der Waals surface area contributed by atoms with Gasteiger partial charge in [-0.25, -0.2) is 0 Å². The lowest BCUT2D eigenvalue weighted by Gasteiger charge is -2.40. The number of fused-ring (bicyclic) bond motifs is 6. The topological polar surface area (TPSA) is 62.4 Å². The Morgan fingerprint density at radius 2 is 0.732 bits per heavy atom. The molecule has 3 unspecified atom stereocenters. The summed E-state index contributed by atoms with van der Waals surface area (Å²) in [6.45, 7) is 0. The van der Waals surface area contributed by atoms with E-state index in [1.807, 2.05) is 12.1 Å². The highest BCUT2D eigenvalue weighted by Crippen LogP contribution is 2.40. The van der Waals surface area contributed by atoms with Crippen molar-refractivity contribution in [2.45, 2.75) is 18.5 Å². The summed E-state index contributed by atoms with van der Waals surface area (Å²) in [4.78, 5) is 0. The zero-order valence-corrected chi connectivity index (χ0v) is 30.4. The first-order valence-corrected chi connectivity index (χ1v) is 19.2. The molecule has 268 valence electrons. The Hall–Kier alpha value is -6.76. The smallest absolute Gasteiger partial charge is 0.136 e. The first-order chi connectivity index (χ1) is 27.7. The third-order valence-corrected chi connectivity index (χ3v) is 11.3. The maximum Gasteiger partial charge on any atom is 0.136 e. The van der Waals surface area contributed by atoms with Crippen LogP contribution < -0.4 is 16.0 Å². The molecular weight excluding hydrogens is 687 g/mol. The lowest BCUT2D eigenvalue weighted by Crippen LogP contribution is -2.54. The van der Waals surface area contributed by atoms with Gasteiger partial charge in [0.15, 0.2) is 0 Å². The Balaban J connectivity index is 0.940. The molecule has 2 aromatic heterocycles. The second-order valence-corrected chi connectivity index (χ2v) is 14.6. The van der Waals surface area contributed by atoms with E-state index in [4.69, 9.17) is 8.83 Å². The molecule has 5 heteroatoms. The predicted molar refractivity (Wildman–Crippen MR) is 228 cm³/mol. The molecule has 3 N–H and O–H groups in total. The van der Waals surface area contributed by atoms with E-state index in [-0.39, 0.29) is 18.5 Å². The highest BCUT2D eigenvalue weighted by atomic mass is 16.3. The van der Waals surface area contributed by atoms with Crippen LogP contribution in [-0.2, 0) is 0 Å². The molecule has 0 aliphatic carbocycles. The van der Waals surface area contributed by atoms with Crippen LogP contribution in [0.2, 0.25) is 0 Å². The second kappa shape index (κ2) is 13.5. The van der Waals surface area contributed by atoms with Gasteiger partial charge in [0.2, 0.25) is 0 Å². The van der Waals surface area contributed by atoms with Crippen molar-refractivity contribution in [1.29, 1.82) is 0 Å². The lowest BCUT2D eigenvalue weighted by molar-refractivity contribution is 0.205. The summed E-state index contributed by atoms with van der Waals surface area (Å²) >= 11 is 0. The van der Waals surface area contributed by atoms with Crippen LogP contribution >= 0.6 is 0 Å². The number of hydrogen-bond donors (Lipinski definition) is 3. The molecule has 11 rings (SSSR count). The molecule has 1 saturated heterocycles. The van der Waals surface area contributed by atoms with Gasteiger partial charge in [-0.2, -0.15) is 0 Å². The molecule has 0 saturated carbocycles. The van der Waals surface area contributed by atoms with E-state index in [2.05, 4.69) is 192 Å². The zero-order valence-electron chi connectivity index (χ0n) is 30.4. The fourth-order valence-corrected chi connectivity index (χ4v) is 8.50. The van der Waals surface area contributed by atoms with E-state index in [1.165, 1.54) is 22.3 Å². The molecule has 0 radical (unpaired) electrons. The molecule has 56 heavy (non-hydrogen) atoms. The van der Waals surface area contributed by atoms with Crippen molar-refractivity contribution in [1.82, 2.24) is 16.0 Å². The minimum absolute atomic E-state index is 0.120. The Morgan fingerprint density at radius 1 is 0.304 bits per heavy atom. The minimum atomic E-state index is -0.196. The van der Waals surface area contributed by atoms with Crippen LogP contribution in [0.3, 0.4) is 0 Å². The van der Waals surface area contributed by atoms with Crippen LogP contribution in [0, 0.1) is 0 Å². The standard InChI is InChI=1S/C51H37N3O2/c1-3-11-32(12-4-1)33-21-23-34(24-22-33)35-25-27-36(28-26-35)38-29-30-40-46(31-38)56-45-20-10-17-42(48(40)45)51-53-49(37-13-5-2-6-14-37)52-50(54-51)41-16-9-19-44-47(41)39-15-7-8-18-43(39)55-44/h1-31,49-54H. The average Bonchev–Trinajstić information content (AvgIpc) is 3.85. The van der Waals surface area contributed by atoms with E-state index in [0.717, 1.165) is 71.7 Å². The fraction of sp³-hybridized carbons (Fsp3) is 0.0588. The number of furan rings is 2. The summed E-state index contributed by atoms with van der Waals surface area (Å²) in [5.41, 5.74) is 14.0. The monoisotopic (exact) mass is 723 g/mol. The van der Waals surface area contributed by atoms with Crippen LogP contribution in [0.5, 0.6) is 0 Å². The Morgan fingerprint density at radius 3 is 1.34 bits per heavy atom. The fourth-order valence-electron chi connectivity index (χ4n) is 8.50. The quantitative estimate of drug-likeness (QED) is 0.159. The zero-order chi connectivity index (χ0) is 37.0. The van der Waals surface area contributed by atoms with Crippen LogP contribution in [0.4, 0.5) is 0 Å². The van der Waals surface area contributed by atoms with E-state index in [9.17, 15) is 0 Å². The van der Waals surface area contributed by atoms with Crippen molar-refractivity contribution in [2.75, 3.05) is 0 Å². The molecule has 5 nitrogen and oxygen atoms in total. The number of nitrogens with one attached hydrogen (secondary N) is 3. The van der Waals surface area contributed by atoms with E-state index in [0.29, 0.717) is 0 Å². The third-order valence-electron chi connectivity index (χ3n) is 11.3. The SMILES string of the molecule is c1ccc(-c2ccc(-c3ccc(-c4ccc5c(c4)oc4cccc(C6NC(c7ccccc7)NC(c7cccc8oc9ccccc9c78)N6)c45)cc3)cc2)cc1. The molecule has 1 aliphatic heterocycles. The summed E-state index contributed by atoms with van der Waals surface area (Å²) in [7, 11) is 0. The third kappa shape index (κ3) is 5.69. The van der Waals surface area contributed by atoms with Crippen molar-refractivity contribution in [3.63, 3.8) is 0 Å². The normalized spacial score (nSPS) is 17.2. The highest BCUT2D eigenvalue weighted by molar-refractivity contribution is 6.08. The van der Waals surface area contributed by atoms with Crippen LogP contribution in [0.25, 0.3) is 77.3 Å². The molecule has 1 aliphatic rings. The van der Waals surface area contributed by atoms with Gasteiger partial charge in [0.25, 0.3) is 0 Å². The molecule has 0 amide bonds. The van der Waals surface area contributed by atoms with Crippen molar-refractivity contribution < 1.29 is 8.83 Å². The highest BCUT2D eigenvalue weighted by Gasteiger charge is 2.32. The van der Waals surface area contributed by atoms with Gasteiger partial charge < -0.3 is 8.83 Å². The first kappa shape index (κ1) is 32.7. The van der Waals surface area contributed by atoms with Crippen molar-refractivity contribution in [2.24, 2.45) is 0 Å². The number of rotatable bonds is 6. The van der Waals surface area contributed by atoms with E-state index < -0.39 is 0 Å². The molecule has 10 aromatic rings. The summed E-state index contributed by atoms with van der Waals surface area (Å²) < 4.78 is 12.9. The summed E-state index contributed by atoms with van der Waals surface area (Å²) in [5.74, 6) is 0. The lowest BCUT2D eigenvalue weighted by atomic mass is 9.97. The molecule has 8 aromatic carbocycles. The molecule has 3 atom stereocenters. The van der Waals surface area contributed by atoms with Crippen LogP contribution in [0.15, 0.2) is 197 Å². The molecule has 0 spiro atoms. The number of hydrogen-bond acceptors (Lipinski definition) is 5. The Bertz CT molecular complexity index is 3000. The molecule has 0 bridgehead atoms. The molecule has 3 heterocycles. The van der Waals surface area contributed by atoms with E-state index in [1.54, 1.807) is 0 Å². The number of benzene rings is 8. The summed E-state index contributed by atoms with van der Waals surface area (Å²) in [6.07, 6.45) is -0.495. The van der Waals surface area contributed by atoms with Gasteiger partial charge in [-0.05, 0) is 80.4 Å². The molecule has 1 fully saturated rings. The van der Waals surface area contributed by atoms with Gasteiger partial charge in [0.05, 0.1) is 18.5 Å². The Labute approximate surface area is 324 Å². The van der Waals surface area contributed by atoms with Crippen molar-refractivity contribution >= 4 is 43.9 Å². The van der Waals surface area contributed by atoms with Crippen molar-refractivity contribution in [3.8, 4) is 33.4 Å². The number of para-hydroxylation sites is 1. The van der Waals surface area contributed by atoms with Gasteiger partial charge >= 0.3 is 0 Å². The molecular formula is C51H37N3O2. The average molecular weight is 724 g/mol. The van der Waals surface area contributed by atoms with Crippen molar-refractivity contribution in [3.05, 3.63) is 205 Å². The first-order valence-electron chi connectivity index (χ1n) is 19.2. The van der Waals surface area contributed by atoms with Crippen LogP contribution in [-0.4, -0.2) is 0 Å². The predicted octanol–water partition coefficient (Wildman–Crippen LogP) is 12.7. The second-order valence-electron chi connectivity index (χ2n) is 14.6. The summed E-state index contributed by atoms with van der Waals surface area (Å²) in [6, 6.07) is 66.2. The van der Waals surface area contributed by atoms with Crippen LogP contribution in [0.1, 0.15) is 35.2 Å². The Kier molecular flexibility index (Phi) is 7.88. The summed E-state index contributed by atoms with van der Waals surface area (Å²) in [5, 5.41) is 16.1. The maximum absolute atomic E-state index is 6.62. The van der Waals surface area contributed by atoms with Gasteiger partial charge in [-0.3, -0.25) is 16.0 Å². The largest absolute Gasteiger partial charge is 0.456 e. The van der Waals surface area contributed by atoms with Gasteiger partial charge in [0, 0.05) is 21.5 Å².